The van der Waals surface area contributed by atoms with E-state index in [2.05, 4.69) is 58.5 Å². The topological polar surface area (TPSA) is 94.5 Å². The number of nitrogens with one attached hydrogen (secondary N) is 1. The van der Waals surface area contributed by atoms with Gasteiger partial charge in [0.25, 0.3) is 0 Å². The average molecular weight is 373 g/mol. The third-order valence-corrected chi connectivity index (χ3v) is 4.74. The minimum Gasteiger partial charge on any atom is -0.383 e. The van der Waals surface area contributed by atoms with E-state index >= 15 is 0 Å². The normalized spacial score (nSPS) is 11.3. The van der Waals surface area contributed by atoms with Gasteiger partial charge in [0, 0.05) is 18.8 Å². The molecule has 28 heavy (non-hydrogen) atoms. The summed E-state index contributed by atoms with van der Waals surface area (Å²) in [6, 6.07) is 14.2. The predicted molar refractivity (Wildman–Crippen MR) is 112 cm³/mol. The number of hydrogen-bond acceptors (Lipinski definition) is 6. The van der Waals surface area contributed by atoms with Crippen molar-refractivity contribution in [1.82, 2.24) is 24.7 Å². The quantitative estimate of drug-likeness (QED) is 0.553. The number of anilines is 2. The van der Waals surface area contributed by atoms with E-state index in [0.29, 0.717) is 29.9 Å². The van der Waals surface area contributed by atoms with Gasteiger partial charge in [-0.2, -0.15) is 10.1 Å². The number of nitrogen functional groups attached to an aromatic ring is 1. The smallest absolute Gasteiger partial charge is 0.225 e. The SMILES string of the molecule is CC(C)c1ccc(-c2nc(NCc3ccccn3)nc3nn(C)c(N)c23)cc1. The molecule has 0 aliphatic carbocycles. The molecule has 3 heterocycles. The third kappa shape index (κ3) is 3.38. The van der Waals surface area contributed by atoms with Crippen LogP contribution in [0.25, 0.3) is 22.3 Å². The summed E-state index contributed by atoms with van der Waals surface area (Å²) in [6.45, 7) is 4.88. The highest BCUT2D eigenvalue weighted by Crippen LogP contribution is 2.31. The Hall–Kier alpha value is -3.48. The van der Waals surface area contributed by atoms with Gasteiger partial charge in [-0.3, -0.25) is 9.67 Å². The van der Waals surface area contributed by atoms with Crippen LogP contribution in [0.2, 0.25) is 0 Å². The van der Waals surface area contributed by atoms with Gasteiger partial charge < -0.3 is 11.1 Å². The molecule has 0 unspecified atom stereocenters. The molecule has 0 bridgehead atoms. The Morgan fingerprint density at radius 3 is 2.54 bits per heavy atom. The lowest BCUT2D eigenvalue weighted by Gasteiger charge is -2.10. The van der Waals surface area contributed by atoms with Crippen LogP contribution in [0, 0.1) is 0 Å². The fourth-order valence-corrected chi connectivity index (χ4v) is 3.10. The molecule has 0 saturated heterocycles. The van der Waals surface area contributed by atoms with E-state index in [0.717, 1.165) is 22.3 Å². The summed E-state index contributed by atoms with van der Waals surface area (Å²) in [4.78, 5) is 13.6. The van der Waals surface area contributed by atoms with Crippen molar-refractivity contribution >= 4 is 22.8 Å². The highest BCUT2D eigenvalue weighted by atomic mass is 15.3. The van der Waals surface area contributed by atoms with Gasteiger partial charge in [0.15, 0.2) is 5.65 Å². The van der Waals surface area contributed by atoms with Crippen LogP contribution in [0.1, 0.15) is 31.0 Å². The second-order valence-corrected chi connectivity index (χ2v) is 7.05. The summed E-state index contributed by atoms with van der Waals surface area (Å²) in [5.74, 6) is 1.52. The lowest BCUT2D eigenvalue weighted by molar-refractivity contribution is 0.787. The molecule has 0 aliphatic rings. The maximum Gasteiger partial charge on any atom is 0.225 e. The number of aryl methyl sites for hydroxylation is 1. The fraction of sp³-hybridized carbons (Fsp3) is 0.238. The van der Waals surface area contributed by atoms with Crippen LogP contribution in [0.4, 0.5) is 11.8 Å². The van der Waals surface area contributed by atoms with Crippen LogP contribution < -0.4 is 11.1 Å². The van der Waals surface area contributed by atoms with Crippen LogP contribution >= 0.6 is 0 Å². The first-order valence-electron chi connectivity index (χ1n) is 9.27. The molecule has 0 fully saturated rings. The van der Waals surface area contributed by atoms with E-state index in [1.165, 1.54) is 5.56 Å². The summed E-state index contributed by atoms with van der Waals surface area (Å²) < 4.78 is 1.63. The van der Waals surface area contributed by atoms with E-state index in [-0.39, 0.29) is 0 Å². The molecular weight excluding hydrogens is 350 g/mol. The molecule has 1 aromatic carbocycles. The van der Waals surface area contributed by atoms with Gasteiger partial charge in [0.05, 0.1) is 23.3 Å². The average Bonchev–Trinajstić information content (AvgIpc) is 3.00. The molecule has 0 spiro atoms. The van der Waals surface area contributed by atoms with Crippen molar-refractivity contribution in [3.8, 4) is 11.3 Å². The standard InChI is InChI=1S/C21H23N7/c1-13(2)14-7-9-15(10-8-14)18-17-19(22)28(3)27-20(17)26-21(25-18)24-12-16-6-4-5-11-23-16/h4-11,13H,12,22H2,1-3H3,(H,24,26,27). The minimum atomic E-state index is 0.471. The minimum absolute atomic E-state index is 0.471. The Balaban J connectivity index is 1.76. The van der Waals surface area contributed by atoms with Gasteiger partial charge >= 0.3 is 0 Å². The number of aromatic nitrogens is 5. The number of rotatable bonds is 5. The van der Waals surface area contributed by atoms with Crippen molar-refractivity contribution in [2.75, 3.05) is 11.1 Å². The Bertz CT molecular complexity index is 1100. The zero-order chi connectivity index (χ0) is 19.7. The first kappa shape index (κ1) is 17.9. The zero-order valence-corrected chi connectivity index (χ0v) is 16.2. The molecule has 4 aromatic rings. The van der Waals surface area contributed by atoms with Crippen molar-refractivity contribution < 1.29 is 0 Å². The fourth-order valence-electron chi connectivity index (χ4n) is 3.10. The Labute approximate surface area is 163 Å². The van der Waals surface area contributed by atoms with Crippen molar-refractivity contribution in [2.24, 2.45) is 7.05 Å². The largest absolute Gasteiger partial charge is 0.383 e. The van der Waals surface area contributed by atoms with E-state index in [1.807, 2.05) is 25.2 Å². The lowest BCUT2D eigenvalue weighted by atomic mass is 10.00. The molecule has 7 nitrogen and oxygen atoms in total. The van der Waals surface area contributed by atoms with Gasteiger partial charge in [-0.05, 0) is 23.6 Å². The molecule has 3 N–H and O–H groups in total. The van der Waals surface area contributed by atoms with Gasteiger partial charge in [-0.1, -0.05) is 44.2 Å². The Morgan fingerprint density at radius 2 is 1.86 bits per heavy atom. The van der Waals surface area contributed by atoms with Crippen molar-refractivity contribution in [3.05, 3.63) is 59.9 Å². The van der Waals surface area contributed by atoms with Gasteiger partial charge in [-0.15, -0.1) is 0 Å². The molecule has 3 aromatic heterocycles. The number of nitrogens with zero attached hydrogens (tertiary/aromatic N) is 5. The summed E-state index contributed by atoms with van der Waals surface area (Å²) >= 11 is 0. The first-order valence-corrected chi connectivity index (χ1v) is 9.27. The van der Waals surface area contributed by atoms with E-state index < -0.39 is 0 Å². The second-order valence-electron chi connectivity index (χ2n) is 7.05. The summed E-state index contributed by atoms with van der Waals surface area (Å²) in [5, 5.41) is 8.46. The number of nitrogens with two attached hydrogens (primary N) is 1. The Kier molecular flexibility index (Phi) is 4.65. The Morgan fingerprint density at radius 1 is 1.07 bits per heavy atom. The summed E-state index contributed by atoms with van der Waals surface area (Å²) in [7, 11) is 1.81. The molecule has 0 saturated carbocycles. The number of fused-ring (bicyclic) bond motifs is 1. The monoisotopic (exact) mass is 373 g/mol. The van der Waals surface area contributed by atoms with Gasteiger partial charge in [0.2, 0.25) is 5.95 Å². The van der Waals surface area contributed by atoms with Crippen LogP contribution in [0.5, 0.6) is 0 Å². The lowest BCUT2D eigenvalue weighted by Crippen LogP contribution is -2.06. The van der Waals surface area contributed by atoms with Gasteiger partial charge in [-0.25, -0.2) is 4.98 Å². The second kappa shape index (κ2) is 7.26. The predicted octanol–water partition coefficient (Wildman–Crippen LogP) is 3.74. The highest BCUT2D eigenvalue weighted by molar-refractivity contribution is 5.98. The number of hydrogen-bond donors (Lipinski definition) is 2. The van der Waals surface area contributed by atoms with E-state index in [4.69, 9.17) is 10.7 Å². The third-order valence-electron chi connectivity index (χ3n) is 4.74. The number of benzene rings is 1. The van der Waals surface area contributed by atoms with Crippen LogP contribution in [-0.4, -0.2) is 24.7 Å². The van der Waals surface area contributed by atoms with Crippen molar-refractivity contribution in [2.45, 2.75) is 26.3 Å². The molecule has 0 atom stereocenters. The molecule has 4 rings (SSSR count). The van der Waals surface area contributed by atoms with Crippen LogP contribution in [-0.2, 0) is 13.6 Å². The summed E-state index contributed by atoms with van der Waals surface area (Å²) in [6.07, 6.45) is 1.77. The molecule has 0 amide bonds. The summed E-state index contributed by atoms with van der Waals surface area (Å²) in [5.41, 5.74) is 10.8. The molecule has 142 valence electrons. The molecule has 0 aliphatic heterocycles. The van der Waals surface area contributed by atoms with E-state index in [1.54, 1.807) is 10.9 Å². The molecule has 7 heteroatoms. The van der Waals surface area contributed by atoms with Crippen LogP contribution in [0.3, 0.4) is 0 Å². The molecular formula is C21H23N7. The molecule has 0 radical (unpaired) electrons. The highest BCUT2D eigenvalue weighted by Gasteiger charge is 2.17. The zero-order valence-electron chi connectivity index (χ0n) is 16.2. The van der Waals surface area contributed by atoms with Gasteiger partial charge in [0.1, 0.15) is 5.82 Å². The first-order chi connectivity index (χ1) is 13.5. The van der Waals surface area contributed by atoms with Crippen molar-refractivity contribution in [1.29, 1.82) is 0 Å². The van der Waals surface area contributed by atoms with Crippen LogP contribution in [0.15, 0.2) is 48.7 Å². The maximum atomic E-state index is 6.26. The van der Waals surface area contributed by atoms with E-state index in [9.17, 15) is 0 Å². The van der Waals surface area contributed by atoms with Crippen molar-refractivity contribution in [3.63, 3.8) is 0 Å². The maximum absolute atomic E-state index is 6.26. The number of pyridine rings is 1.